The van der Waals surface area contributed by atoms with E-state index in [1.165, 1.54) is 0 Å². The summed E-state index contributed by atoms with van der Waals surface area (Å²) in [5.74, 6) is 0. The van der Waals surface area contributed by atoms with Gasteiger partial charge >= 0.3 is 0 Å². The fourth-order valence-electron chi connectivity index (χ4n) is 1.29. The topological polar surface area (TPSA) is 40.1 Å². The lowest BCUT2D eigenvalue weighted by Crippen LogP contribution is -2.25. The van der Waals surface area contributed by atoms with Crippen molar-refractivity contribution in [1.29, 1.82) is 0 Å². The SMILES string of the molecule is CC1(S(=O)[O-])CCCC1. The molecule has 0 heterocycles. The Morgan fingerprint density at radius 3 is 2.11 bits per heavy atom. The summed E-state index contributed by atoms with van der Waals surface area (Å²) >= 11 is -1.86. The van der Waals surface area contributed by atoms with Gasteiger partial charge in [-0.3, -0.25) is 4.21 Å². The van der Waals surface area contributed by atoms with Gasteiger partial charge in [0, 0.05) is 4.75 Å². The monoisotopic (exact) mass is 147 g/mol. The fourth-order valence-corrected chi connectivity index (χ4v) is 1.91. The van der Waals surface area contributed by atoms with E-state index in [0.717, 1.165) is 25.7 Å². The van der Waals surface area contributed by atoms with Crippen LogP contribution < -0.4 is 0 Å². The Morgan fingerprint density at radius 1 is 1.44 bits per heavy atom. The summed E-state index contributed by atoms with van der Waals surface area (Å²) in [6.07, 6.45) is 3.85. The van der Waals surface area contributed by atoms with Crippen molar-refractivity contribution in [3.05, 3.63) is 0 Å². The van der Waals surface area contributed by atoms with Crippen molar-refractivity contribution in [2.45, 2.75) is 37.4 Å². The molecule has 0 saturated heterocycles. The van der Waals surface area contributed by atoms with Crippen molar-refractivity contribution < 1.29 is 8.76 Å². The molecule has 0 bridgehead atoms. The third-order valence-corrected chi connectivity index (χ3v) is 3.28. The van der Waals surface area contributed by atoms with Gasteiger partial charge in [-0.1, -0.05) is 12.8 Å². The van der Waals surface area contributed by atoms with Crippen molar-refractivity contribution in [1.82, 2.24) is 0 Å². The van der Waals surface area contributed by atoms with E-state index in [0.29, 0.717) is 0 Å². The van der Waals surface area contributed by atoms with E-state index in [-0.39, 0.29) is 4.75 Å². The third kappa shape index (κ3) is 1.33. The molecule has 0 aromatic heterocycles. The molecular formula is C6H11O2S-. The second-order valence-corrected chi connectivity index (χ2v) is 4.35. The van der Waals surface area contributed by atoms with Gasteiger partial charge in [0.25, 0.3) is 0 Å². The standard InChI is InChI=1S/C6H12O2S/c1-6(9(7)8)4-2-3-5-6/h2-5H2,1H3,(H,7,8)/p-1. The van der Waals surface area contributed by atoms with Crippen LogP contribution in [0.5, 0.6) is 0 Å². The predicted molar refractivity (Wildman–Crippen MR) is 35.8 cm³/mol. The Balaban J connectivity index is 2.61. The average molecular weight is 147 g/mol. The highest BCUT2D eigenvalue weighted by molar-refractivity contribution is 7.80. The first kappa shape index (κ1) is 7.22. The molecule has 0 spiro atoms. The van der Waals surface area contributed by atoms with Crippen LogP contribution in [-0.4, -0.2) is 13.5 Å². The molecule has 0 aromatic carbocycles. The van der Waals surface area contributed by atoms with Crippen LogP contribution in [0.25, 0.3) is 0 Å². The van der Waals surface area contributed by atoms with Gasteiger partial charge in [0.05, 0.1) is 0 Å². The minimum atomic E-state index is -1.86. The van der Waals surface area contributed by atoms with E-state index in [4.69, 9.17) is 0 Å². The smallest absolute Gasteiger partial charge is 0.0299 e. The summed E-state index contributed by atoms with van der Waals surface area (Å²) in [6.45, 7) is 1.82. The lowest BCUT2D eigenvalue weighted by molar-refractivity contribution is 0.485. The first-order valence-electron chi connectivity index (χ1n) is 3.24. The predicted octanol–water partition coefficient (Wildman–Crippen LogP) is 1.20. The van der Waals surface area contributed by atoms with Gasteiger partial charge in [-0.25, -0.2) is 0 Å². The van der Waals surface area contributed by atoms with E-state index >= 15 is 0 Å². The van der Waals surface area contributed by atoms with Gasteiger partial charge in [-0.15, -0.1) is 0 Å². The van der Waals surface area contributed by atoms with E-state index < -0.39 is 11.1 Å². The van der Waals surface area contributed by atoms with Crippen LogP contribution in [0.2, 0.25) is 0 Å². The molecule has 1 aliphatic carbocycles. The molecule has 9 heavy (non-hydrogen) atoms. The van der Waals surface area contributed by atoms with Gasteiger partial charge in [0.1, 0.15) is 0 Å². The van der Waals surface area contributed by atoms with Gasteiger partial charge in [0.15, 0.2) is 0 Å². The van der Waals surface area contributed by atoms with E-state index in [1.54, 1.807) is 0 Å². The van der Waals surface area contributed by atoms with Crippen molar-refractivity contribution >= 4 is 11.1 Å². The zero-order valence-electron chi connectivity index (χ0n) is 5.55. The van der Waals surface area contributed by atoms with Crippen LogP contribution in [0, 0.1) is 0 Å². The summed E-state index contributed by atoms with van der Waals surface area (Å²) < 4.78 is 20.7. The van der Waals surface area contributed by atoms with Crippen LogP contribution in [0.15, 0.2) is 0 Å². The third-order valence-electron chi connectivity index (χ3n) is 2.06. The van der Waals surface area contributed by atoms with Gasteiger partial charge in [0.2, 0.25) is 0 Å². The molecule has 1 unspecified atom stereocenters. The highest BCUT2D eigenvalue weighted by atomic mass is 32.2. The Bertz CT molecular complexity index is 127. The zero-order valence-corrected chi connectivity index (χ0v) is 6.37. The maximum absolute atomic E-state index is 10.5. The van der Waals surface area contributed by atoms with Crippen molar-refractivity contribution in [3.63, 3.8) is 0 Å². The Morgan fingerprint density at radius 2 is 1.89 bits per heavy atom. The molecule has 0 amide bonds. The molecule has 2 nitrogen and oxygen atoms in total. The maximum atomic E-state index is 10.5. The summed E-state index contributed by atoms with van der Waals surface area (Å²) in [6, 6.07) is 0. The highest BCUT2D eigenvalue weighted by Crippen LogP contribution is 2.33. The minimum Gasteiger partial charge on any atom is -0.772 e. The summed E-state index contributed by atoms with van der Waals surface area (Å²) in [4.78, 5) is 0. The van der Waals surface area contributed by atoms with Crippen LogP contribution in [0.1, 0.15) is 32.6 Å². The molecule has 0 aromatic rings. The Hall–Kier alpha value is 0.110. The van der Waals surface area contributed by atoms with Gasteiger partial charge in [-0.05, 0) is 30.8 Å². The van der Waals surface area contributed by atoms with Crippen molar-refractivity contribution in [3.8, 4) is 0 Å². The molecular weight excluding hydrogens is 136 g/mol. The van der Waals surface area contributed by atoms with Crippen LogP contribution >= 0.6 is 0 Å². The first-order chi connectivity index (χ1) is 4.15. The molecule has 1 aliphatic rings. The van der Waals surface area contributed by atoms with Crippen LogP contribution in [-0.2, 0) is 11.1 Å². The maximum Gasteiger partial charge on any atom is 0.0299 e. The molecule has 1 rings (SSSR count). The largest absolute Gasteiger partial charge is 0.772 e. The van der Waals surface area contributed by atoms with E-state index in [2.05, 4.69) is 0 Å². The normalized spacial score (nSPS) is 28.2. The molecule has 0 radical (unpaired) electrons. The van der Waals surface area contributed by atoms with Crippen LogP contribution in [0.3, 0.4) is 0 Å². The lowest BCUT2D eigenvalue weighted by atomic mass is 10.1. The molecule has 1 saturated carbocycles. The second kappa shape index (κ2) is 2.39. The first-order valence-corrected chi connectivity index (χ1v) is 4.32. The zero-order chi connectivity index (χ0) is 6.91. The summed E-state index contributed by atoms with van der Waals surface area (Å²) in [5.41, 5.74) is 0. The average Bonchev–Trinajstić information content (AvgIpc) is 2.16. The fraction of sp³-hybridized carbons (Fsp3) is 1.00. The molecule has 3 heteroatoms. The number of hydrogen-bond donors (Lipinski definition) is 0. The summed E-state index contributed by atoms with van der Waals surface area (Å²) in [5, 5.41) is 0. The lowest BCUT2D eigenvalue weighted by Gasteiger charge is -2.25. The highest BCUT2D eigenvalue weighted by Gasteiger charge is 2.29. The second-order valence-electron chi connectivity index (χ2n) is 2.89. The minimum absolute atomic E-state index is 0.389. The van der Waals surface area contributed by atoms with Crippen LogP contribution in [0.4, 0.5) is 0 Å². The molecule has 54 valence electrons. The molecule has 1 atom stereocenters. The van der Waals surface area contributed by atoms with E-state index in [1.807, 2.05) is 6.92 Å². The van der Waals surface area contributed by atoms with E-state index in [9.17, 15) is 8.76 Å². The molecule has 0 aliphatic heterocycles. The quantitative estimate of drug-likeness (QED) is 0.523. The molecule has 0 N–H and O–H groups in total. The Kier molecular flexibility index (Phi) is 1.91. The van der Waals surface area contributed by atoms with Gasteiger partial charge in [-0.2, -0.15) is 0 Å². The molecule has 1 fully saturated rings. The Labute approximate surface area is 57.9 Å². The van der Waals surface area contributed by atoms with Crippen molar-refractivity contribution in [2.24, 2.45) is 0 Å². The number of rotatable bonds is 1. The van der Waals surface area contributed by atoms with Gasteiger partial charge < -0.3 is 4.55 Å². The number of hydrogen-bond acceptors (Lipinski definition) is 2. The van der Waals surface area contributed by atoms with Crippen molar-refractivity contribution in [2.75, 3.05) is 0 Å². The summed E-state index contributed by atoms with van der Waals surface area (Å²) in [7, 11) is 0.